The van der Waals surface area contributed by atoms with Gasteiger partial charge < -0.3 is 9.47 Å². The van der Waals surface area contributed by atoms with E-state index in [2.05, 4.69) is 10.3 Å². The molecule has 7 heteroatoms. The molecule has 0 aliphatic rings. The van der Waals surface area contributed by atoms with Crippen LogP contribution in [0.4, 0.5) is 0 Å². The molecule has 0 atom stereocenters. The number of methoxy groups -OCH3 is 1. The lowest BCUT2D eigenvalue weighted by Crippen LogP contribution is -2.08. The molecule has 0 unspecified atom stereocenters. The molecule has 0 spiro atoms. The van der Waals surface area contributed by atoms with E-state index in [0.29, 0.717) is 17.2 Å². The number of nitriles is 2. The summed E-state index contributed by atoms with van der Waals surface area (Å²) in [5, 5.41) is 25.1. The topological polar surface area (TPSA) is 96.8 Å². The Bertz CT molecular complexity index is 681. The Morgan fingerprint density at radius 1 is 1.30 bits per heavy atom. The van der Waals surface area contributed by atoms with E-state index in [0.717, 1.165) is 0 Å². The highest BCUT2D eigenvalue weighted by Gasteiger charge is 2.13. The summed E-state index contributed by atoms with van der Waals surface area (Å²) in [4.78, 5) is 0. The van der Waals surface area contributed by atoms with E-state index < -0.39 is 0 Å². The van der Waals surface area contributed by atoms with E-state index in [1.165, 1.54) is 4.68 Å². The van der Waals surface area contributed by atoms with Crippen molar-refractivity contribution in [2.24, 2.45) is 0 Å². The number of nitrogens with zero attached hydrogens (tertiary/aromatic N) is 5. The number of hydrogen-bond donors (Lipinski definition) is 0. The maximum atomic E-state index is 8.96. The van der Waals surface area contributed by atoms with Crippen LogP contribution in [0.2, 0.25) is 0 Å². The molecule has 2 rings (SSSR count). The highest BCUT2D eigenvalue weighted by Crippen LogP contribution is 2.20. The summed E-state index contributed by atoms with van der Waals surface area (Å²) < 4.78 is 12.0. The molecule has 0 saturated heterocycles. The molecule has 0 bridgehead atoms. The van der Waals surface area contributed by atoms with Crippen molar-refractivity contribution in [1.29, 1.82) is 10.5 Å². The molecule has 20 heavy (non-hydrogen) atoms. The Balaban J connectivity index is 2.16. The smallest absolute Gasteiger partial charge is 0.189 e. The van der Waals surface area contributed by atoms with Gasteiger partial charge in [0.25, 0.3) is 0 Å². The predicted molar refractivity (Wildman–Crippen MR) is 67.7 cm³/mol. The highest BCUT2D eigenvalue weighted by molar-refractivity contribution is 5.33. The first-order valence-electron chi connectivity index (χ1n) is 5.74. The van der Waals surface area contributed by atoms with Gasteiger partial charge in [-0.25, -0.2) is 4.68 Å². The van der Waals surface area contributed by atoms with Crippen LogP contribution in [-0.4, -0.2) is 22.1 Å². The molecule has 0 amide bonds. The van der Waals surface area contributed by atoms with Gasteiger partial charge in [-0.2, -0.15) is 10.5 Å². The number of benzene rings is 1. The number of aromatic nitrogens is 3. The maximum Gasteiger partial charge on any atom is 0.189 e. The quantitative estimate of drug-likeness (QED) is 0.810. The lowest BCUT2D eigenvalue weighted by Gasteiger charge is -2.08. The lowest BCUT2D eigenvalue weighted by molar-refractivity contribution is 0.291. The largest absolute Gasteiger partial charge is 0.497 e. The summed E-state index contributed by atoms with van der Waals surface area (Å²) in [6.07, 6.45) is 0. The van der Waals surface area contributed by atoms with Crippen molar-refractivity contribution in [2.75, 3.05) is 7.11 Å². The van der Waals surface area contributed by atoms with Crippen molar-refractivity contribution in [1.82, 2.24) is 15.0 Å². The highest BCUT2D eigenvalue weighted by atomic mass is 16.5. The molecule has 2 aromatic rings. The van der Waals surface area contributed by atoms with Gasteiger partial charge in [0, 0.05) is 6.07 Å². The molecule has 0 N–H and O–H groups in total. The molecular weight excluding hydrogens is 258 g/mol. The number of hydrogen-bond acceptors (Lipinski definition) is 6. The predicted octanol–water partition coefficient (Wildman–Crippen LogP) is 1.26. The summed E-state index contributed by atoms with van der Waals surface area (Å²) >= 11 is 0. The molecule has 1 aromatic heterocycles. The summed E-state index contributed by atoms with van der Waals surface area (Å²) in [6, 6.07) is 11.0. The summed E-state index contributed by atoms with van der Waals surface area (Å²) in [5.41, 5.74) is 0.625. The maximum absolute atomic E-state index is 8.96. The zero-order valence-electron chi connectivity index (χ0n) is 10.8. The first-order valence-corrected chi connectivity index (χ1v) is 5.74. The summed E-state index contributed by atoms with van der Waals surface area (Å²) in [5.74, 6) is 1.27. The van der Waals surface area contributed by atoms with E-state index in [1.54, 1.807) is 31.4 Å². The van der Waals surface area contributed by atoms with Gasteiger partial charge in [0.2, 0.25) is 0 Å². The fourth-order valence-electron chi connectivity index (χ4n) is 1.60. The van der Waals surface area contributed by atoms with E-state index >= 15 is 0 Å². The molecule has 0 aliphatic carbocycles. The Morgan fingerprint density at radius 3 is 2.80 bits per heavy atom. The Hall–Kier alpha value is -3.06. The minimum absolute atomic E-state index is 0.0193. The van der Waals surface area contributed by atoms with Crippen LogP contribution in [-0.2, 0) is 13.2 Å². The zero-order valence-corrected chi connectivity index (χ0v) is 10.8. The third kappa shape index (κ3) is 2.85. The SMILES string of the molecule is COc1cccc(OCc2c(C#N)nnn2CC#N)c1. The molecule has 0 saturated carbocycles. The third-order valence-corrected chi connectivity index (χ3v) is 2.58. The van der Waals surface area contributed by atoms with Crippen molar-refractivity contribution in [3.05, 3.63) is 35.7 Å². The van der Waals surface area contributed by atoms with Gasteiger partial charge in [-0.15, -0.1) is 5.10 Å². The first kappa shape index (κ1) is 13.4. The second-order valence-electron chi connectivity index (χ2n) is 3.78. The van der Waals surface area contributed by atoms with Crippen LogP contribution < -0.4 is 9.47 Å². The number of rotatable bonds is 5. The zero-order chi connectivity index (χ0) is 14.4. The van der Waals surface area contributed by atoms with Gasteiger partial charge >= 0.3 is 0 Å². The van der Waals surface area contributed by atoms with Crippen LogP contribution in [0.5, 0.6) is 11.5 Å². The van der Waals surface area contributed by atoms with E-state index in [1.807, 2.05) is 12.1 Å². The minimum Gasteiger partial charge on any atom is -0.497 e. The minimum atomic E-state index is 0.0193. The fraction of sp³-hybridized carbons (Fsp3) is 0.231. The van der Waals surface area contributed by atoms with E-state index in [-0.39, 0.29) is 18.8 Å². The third-order valence-electron chi connectivity index (χ3n) is 2.58. The summed E-state index contributed by atoms with van der Waals surface area (Å²) in [7, 11) is 1.57. The van der Waals surface area contributed by atoms with Crippen molar-refractivity contribution in [3.63, 3.8) is 0 Å². The van der Waals surface area contributed by atoms with Crippen LogP contribution in [0.3, 0.4) is 0 Å². The standard InChI is InChI=1S/C13H11N5O2/c1-19-10-3-2-4-11(7-10)20-9-13-12(8-15)16-17-18(13)6-5-14/h2-4,7H,6,9H2,1H3. The Morgan fingerprint density at radius 2 is 2.10 bits per heavy atom. The van der Waals surface area contributed by atoms with E-state index in [9.17, 15) is 0 Å². The normalized spacial score (nSPS) is 9.55. The van der Waals surface area contributed by atoms with Crippen LogP contribution in [0.1, 0.15) is 11.4 Å². The molecular formula is C13H11N5O2. The molecule has 1 aromatic carbocycles. The molecule has 100 valence electrons. The second kappa shape index (κ2) is 6.21. The molecule has 0 radical (unpaired) electrons. The van der Waals surface area contributed by atoms with Gasteiger partial charge in [0.15, 0.2) is 5.69 Å². The molecule has 7 nitrogen and oxygen atoms in total. The monoisotopic (exact) mass is 269 g/mol. The van der Waals surface area contributed by atoms with Crippen molar-refractivity contribution in [2.45, 2.75) is 13.2 Å². The van der Waals surface area contributed by atoms with Crippen LogP contribution in [0.15, 0.2) is 24.3 Å². The van der Waals surface area contributed by atoms with Gasteiger partial charge in [-0.1, -0.05) is 11.3 Å². The Labute approximate surface area is 115 Å². The summed E-state index contributed by atoms with van der Waals surface area (Å²) in [6.45, 7) is 0.121. The molecule has 1 heterocycles. The van der Waals surface area contributed by atoms with E-state index in [4.69, 9.17) is 20.0 Å². The van der Waals surface area contributed by atoms with Crippen molar-refractivity contribution in [3.8, 4) is 23.6 Å². The van der Waals surface area contributed by atoms with Gasteiger partial charge in [-0.05, 0) is 12.1 Å². The van der Waals surface area contributed by atoms with Gasteiger partial charge in [-0.3, -0.25) is 0 Å². The van der Waals surface area contributed by atoms with Crippen LogP contribution in [0, 0.1) is 22.7 Å². The molecule has 0 aliphatic heterocycles. The Kier molecular flexibility index (Phi) is 4.15. The average molecular weight is 269 g/mol. The fourth-order valence-corrected chi connectivity index (χ4v) is 1.60. The first-order chi connectivity index (χ1) is 9.78. The van der Waals surface area contributed by atoms with Crippen LogP contribution >= 0.6 is 0 Å². The van der Waals surface area contributed by atoms with Gasteiger partial charge in [0.1, 0.15) is 36.4 Å². The van der Waals surface area contributed by atoms with Gasteiger partial charge in [0.05, 0.1) is 13.2 Å². The molecule has 0 fully saturated rings. The number of ether oxygens (including phenoxy) is 2. The van der Waals surface area contributed by atoms with Crippen molar-refractivity contribution < 1.29 is 9.47 Å². The second-order valence-corrected chi connectivity index (χ2v) is 3.78. The van der Waals surface area contributed by atoms with Crippen LogP contribution in [0.25, 0.3) is 0 Å². The lowest BCUT2D eigenvalue weighted by atomic mass is 10.3. The van der Waals surface area contributed by atoms with Crippen molar-refractivity contribution >= 4 is 0 Å². The average Bonchev–Trinajstić information content (AvgIpc) is 2.88.